The fourth-order valence-electron chi connectivity index (χ4n) is 3.38. The van der Waals surface area contributed by atoms with Crippen LogP contribution in [0.5, 0.6) is 0 Å². The summed E-state index contributed by atoms with van der Waals surface area (Å²) in [6.07, 6.45) is 2.91. The highest BCUT2D eigenvalue weighted by molar-refractivity contribution is 5.91. The second-order valence-electron chi connectivity index (χ2n) is 6.70. The van der Waals surface area contributed by atoms with Crippen LogP contribution >= 0.6 is 0 Å². The third kappa shape index (κ3) is 4.14. The monoisotopic (exact) mass is 361 g/mol. The highest BCUT2D eigenvalue weighted by atomic mass is 19.1. The van der Waals surface area contributed by atoms with E-state index >= 15 is 0 Å². The number of carbonyl (C=O) groups is 1. The molecule has 0 saturated carbocycles. The SMILES string of the molecule is O=C(Cc1cccc(F)c1)Nc1ccc(N2CCc3ccccc3C2)cn1. The summed E-state index contributed by atoms with van der Waals surface area (Å²) in [4.78, 5) is 18.8. The molecule has 4 nitrogen and oxygen atoms in total. The molecule has 0 spiro atoms. The summed E-state index contributed by atoms with van der Waals surface area (Å²) in [6.45, 7) is 1.81. The molecule has 1 amide bonds. The first-order valence-electron chi connectivity index (χ1n) is 8.99. The maximum atomic E-state index is 13.2. The molecule has 1 aromatic heterocycles. The van der Waals surface area contributed by atoms with E-state index in [9.17, 15) is 9.18 Å². The van der Waals surface area contributed by atoms with Crippen LogP contribution in [0.1, 0.15) is 16.7 Å². The van der Waals surface area contributed by atoms with Crippen molar-refractivity contribution < 1.29 is 9.18 Å². The van der Waals surface area contributed by atoms with Crippen LogP contribution < -0.4 is 10.2 Å². The quantitative estimate of drug-likeness (QED) is 0.765. The number of rotatable bonds is 4. The van der Waals surface area contributed by atoms with Crippen LogP contribution in [0.15, 0.2) is 66.9 Å². The summed E-state index contributed by atoms with van der Waals surface area (Å²) in [5.41, 5.74) is 4.42. The van der Waals surface area contributed by atoms with E-state index in [1.807, 2.05) is 6.07 Å². The van der Waals surface area contributed by atoms with E-state index in [0.717, 1.165) is 25.2 Å². The number of carbonyl (C=O) groups excluding carboxylic acids is 1. The Bertz CT molecular complexity index is 956. The molecular weight excluding hydrogens is 341 g/mol. The van der Waals surface area contributed by atoms with Crippen molar-refractivity contribution in [1.82, 2.24) is 4.98 Å². The molecule has 136 valence electrons. The van der Waals surface area contributed by atoms with Gasteiger partial charge < -0.3 is 10.2 Å². The third-order valence-electron chi connectivity index (χ3n) is 4.76. The van der Waals surface area contributed by atoms with E-state index < -0.39 is 0 Å². The topological polar surface area (TPSA) is 45.2 Å². The maximum Gasteiger partial charge on any atom is 0.229 e. The lowest BCUT2D eigenvalue weighted by atomic mass is 10.00. The number of fused-ring (bicyclic) bond motifs is 1. The number of halogens is 1. The van der Waals surface area contributed by atoms with E-state index in [0.29, 0.717) is 11.4 Å². The molecule has 0 bridgehead atoms. The molecule has 4 rings (SSSR count). The number of hydrogen-bond donors (Lipinski definition) is 1. The van der Waals surface area contributed by atoms with Crippen molar-refractivity contribution in [2.75, 3.05) is 16.8 Å². The van der Waals surface area contributed by atoms with Crippen molar-refractivity contribution in [2.24, 2.45) is 0 Å². The van der Waals surface area contributed by atoms with Gasteiger partial charge in [-0.3, -0.25) is 4.79 Å². The lowest BCUT2D eigenvalue weighted by Gasteiger charge is -2.30. The number of anilines is 2. The van der Waals surface area contributed by atoms with Gasteiger partial charge in [-0.05, 0) is 47.4 Å². The first kappa shape index (κ1) is 17.2. The van der Waals surface area contributed by atoms with Gasteiger partial charge in [0.1, 0.15) is 11.6 Å². The van der Waals surface area contributed by atoms with Gasteiger partial charge in [-0.15, -0.1) is 0 Å². The fourth-order valence-corrected chi connectivity index (χ4v) is 3.38. The number of amides is 1. The van der Waals surface area contributed by atoms with Crippen molar-refractivity contribution in [1.29, 1.82) is 0 Å². The zero-order valence-corrected chi connectivity index (χ0v) is 14.9. The summed E-state index contributed by atoms with van der Waals surface area (Å²) in [5.74, 6) is -0.0591. The minimum Gasteiger partial charge on any atom is -0.366 e. The van der Waals surface area contributed by atoms with E-state index in [-0.39, 0.29) is 18.1 Å². The van der Waals surface area contributed by atoms with Crippen LogP contribution in [0.2, 0.25) is 0 Å². The van der Waals surface area contributed by atoms with Crippen LogP contribution in [0.3, 0.4) is 0 Å². The molecule has 3 aromatic rings. The van der Waals surface area contributed by atoms with Gasteiger partial charge >= 0.3 is 0 Å². The Morgan fingerprint density at radius 3 is 2.70 bits per heavy atom. The summed E-state index contributed by atoms with van der Waals surface area (Å²) >= 11 is 0. The molecule has 2 heterocycles. The lowest BCUT2D eigenvalue weighted by Crippen LogP contribution is -2.30. The van der Waals surface area contributed by atoms with Crippen molar-refractivity contribution in [2.45, 2.75) is 19.4 Å². The van der Waals surface area contributed by atoms with Crippen LogP contribution in [0, 0.1) is 5.82 Å². The molecule has 1 aliphatic heterocycles. The van der Waals surface area contributed by atoms with Gasteiger partial charge in [-0.1, -0.05) is 36.4 Å². The predicted octanol–water partition coefficient (Wildman–Crippen LogP) is 3.96. The largest absolute Gasteiger partial charge is 0.366 e. The summed E-state index contributed by atoms with van der Waals surface area (Å²) in [6, 6.07) is 18.3. The first-order valence-corrected chi connectivity index (χ1v) is 8.99. The molecule has 0 unspecified atom stereocenters. The molecule has 0 atom stereocenters. The second-order valence-corrected chi connectivity index (χ2v) is 6.70. The molecule has 0 aliphatic carbocycles. The van der Waals surface area contributed by atoms with Gasteiger partial charge in [-0.2, -0.15) is 0 Å². The van der Waals surface area contributed by atoms with Crippen LogP contribution in [-0.4, -0.2) is 17.4 Å². The number of nitrogens with zero attached hydrogens (tertiary/aromatic N) is 2. The van der Waals surface area contributed by atoms with Crippen LogP contribution in [0.25, 0.3) is 0 Å². The molecule has 2 aromatic carbocycles. The zero-order chi connectivity index (χ0) is 18.6. The molecule has 0 saturated heterocycles. The van der Waals surface area contributed by atoms with Crippen molar-refractivity contribution in [3.8, 4) is 0 Å². The molecule has 0 radical (unpaired) electrons. The lowest BCUT2D eigenvalue weighted by molar-refractivity contribution is -0.115. The predicted molar refractivity (Wildman–Crippen MR) is 104 cm³/mol. The van der Waals surface area contributed by atoms with Gasteiger partial charge in [0, 0.05) is 13.1 Å². The van der Waals surface area contributed by atoms with E-state index in [1.165, 1.54) is 23.3 Å². The highest BCUT2D eigenvalue weighted by Crippen LogP contribution is 2.24. The number of pyridine rings is 1. The number of benzene rings is 2. The van der Waals surface area contributed by atoms with Crippen molar-refractivity contribution in [3.63, 3.8) is 0 Å². The van der Waals surface area contributed by atoms with Crippen molar-refractivity contribution in [3.05, 3.63) is 89.4 Å². The van der Waals surface area contributed by atoms with Gasteiger partial charge in [-0.25, -0.2) is 9.37 Å². The zero-order valence-electron chi connectivity index (χ0n) is 14.9. The Morgan fingerprint density at radius 1 is 1.07 bits per heavy atom. The molecule has 5 heteroatoms. The summed E-state index contributed by atoms with van der Waals surface area (Å²) in [5, 5.41) is 2.76. The van der Waals surface area contributed by atoms with E-state index in [1.54, 1.807) is 24.4 Å². The fraction of sp³-hybridized carbons (Fsp3) is 0.182. The summed E-state index contributed by atoms with van der Waals surface area (Å²) in [7, 11) is 0. The first-order chi connectivity index (χ1) is 13.2. The Kier molecular flexibility index (Phi) is 4.83. The second kappa shape index (κ2) is 7.58. The smallest absolute Gasteiger partial charge is 0.229 e. The molecule has 0 fully saturated rings. The Labute approximate surface area is 157 Å². The number of hydrogen-bond acceptors (Lipinski definition) is 3. The normalized spacial score (nSPS) is 13.1. The van der Waals surface area contributed by atoms with Gasteiger partial charge in [0.25, 0.3) is 0 Å². The van der Waals surface area contributed by atoms with Crippen LogP contribution in [0.4, 0.5) is 15.9 Å². The Balaban J connectivity index is 1.38. The Hall–Kier alpha value is -3.21. The third-order valence-corrected chi connectivity index (χ3v) is 4.76. The van der Waals surface area contributed by atoms with Crippen LogP contribution in [-0.2, 0) is 24.2 Å². The summed E-state index contributed by atoms with van der Waals surface area (Å²) < 4.78 is 13.2. The van der Waals surface area contributed by atoms with Crippen molar-refractivity contribution >= 4 is 17.4 Å². The molecule has 1 aliphatic rings. The van der Waals surface area contributed by atoms with Gasteiger partial charge in [0.05, 0.1) is 18.3 Å². The van der Waals surface area contributed by atoms with E-state index in [4.69, 9.17) is 0 Å². The standard InChI is InChI=1S/C22H20FN3O/c23-19-7-3-4-16(12-19)13-22(27)25-21-9-8-20(14-24-21)26-11-10-17-5-1-2-6-18(17)15-26/h1-9,12,14H,10-11,13,15H2,(H,24,25,27). The Morgan fingerprint density at radius 2 is 1.93 bits per heavy atom. The van der Waals surface area contributed by atoms with Gasteiger partial charge in [0.15, 0.2) is 0 Å². The maximum absolute atomic E-state index is 13.2. The molecule has 1 N–H and O–H groups in total. The highest BCUT2D eigenvalue weighted by Gasteiger charge is 2.16. The average Bonchev–Trinajstić information content (AvgIpc) is 2.68. The number of nitrogens with one attached hydrogen (secondary N) is 1. The molecule has 27 heavy (non-hydrogen) atoms. The molecular formula is C22H20FN3O. The minimum atomic E-state index is -0.342. The number of aromatic nitrogens is 1. The minimum absolute atomic E-state index is 0.115. The van der Waals surface area contributed by atoms with E-state index in [2.05, 4.69) is 39.5 Å². The average molecular weight is 361 g/mol. The van der Waals surface area contributed by atoms with Gasteiger partial charge in [0.2, 0.25) is 5.91 Å².